The van der Waals surface area contributed by atoms with E-state index in [1.165, 1.54) is 0 Å². The molecule has 0 spiro atoms. The summed E-state index contributed by atoms with van der Waals surface area (Å²) in [5.74, 6) is 0. The first-order valence-corrected chi connectivity index (χ1v) is 5.25. The third-order valence-electron chi connectivity index (χ3n) is 1.44. The maximum absolute atomic E-state index is 9.34. The summed E-state index contributed by atoms with van der Waals surface area (Å²) >= 11 is 0. The Morgan fingerprint density at radius 1 is 1.50 bits per heavy atom. The fourth-order valence-corrected chi connectivity index (χ4v) is 1.36. The van der Waals surface area contributed by atoms with Gasteiger partial charge < -0.3 is 4.80 Å². The van der Waals surface area contributed by atoms with Gasteiger partial charge in [-0.25, -0.2) is 0 Å². The lowest BCUT2D eigenvalue weighted by molar-refractivity contribution is 0.552. The van der Waals surface area contributed by atoms with Crippen molar-refractivity contribution in [1.82, 2.24) is 0 Å². The van der Waals surface area contributed by atoms with E-state index >= 15 is 0 Å². The molecule has 8 heavy (non-hydrogen) atoms. The van der Waals surface area contributed by atoms with E-state index in [9.17, 15) is 4.80 Å². The van der Waals surface area contributed by atoms with E-state index in [4.69, 9.17) is 6.42 Å². The van der Waals surface area contributed by atoms with E-state index in [0.29, 0.717) is 0 Å². The predicted molar refractivity (Wildman–Crippen MR) is 37.8 cm³/mol. The van der Waals surface area contributed by atoms with Gasteiger partial charge in [0.15, 0.2) is 0 Å². The molecule has 1 N–H and O–H groups in total. The van der Waals surface area contributed by atoms with Gasteiger partial charge in [0, 0.05) is 0 Å². The standard InChI is InChI=1S/C6H12OSi/c1-4-8(7,5-2)6-3/h1,7H,5-6H2,2-3H3. The summed E-state index contributed by atoms with van der Waals surface area (Å²) in [6.07, 6.45) is 5.09. The molecule has 0 aromatic heterocycles. The Balaban J connectivity index is 3.83. The molecule has 46 valence electrons. The van der Waals surface area contributed by atoms with Gasteiger partial charge in [0.1, 0.15) is 0 Å². The van der Waals surface area contributed by atoms with Crippen LogP contribution in [0.15, 0.2) is 0 Å². The van der Waals surface area contributed by atoms with Gasteiger partial charge in [-0.2, -0.15) is 0 Å². The van der Waals surface area contributed by atoms with Gasteiger partial charge in [0.25, 0.3) is 8.32 Å². The zero-order valence-electron chi connectivity index (χ0n) is 5.44. The number of terminal acetylenes is 1. The quantitative estimate of drug-likeness (QED) is 0.437. The lowest BCUT2D eigenvalue weighted by Crippen LogP contribution is -2.29. The second kappa shape index (κ2) is 2.90. The normalized spacial score (nSPS) is 10.8. The summed E-state index contributed by atoms with van der Waals surface area (Å²) in [6, 6.07) is 1.56. The Labute approximate surface area is 51.9 Å². The number of hydrogen-bond donors (Lipinski definition) is 1. The van der Waals surface area contributed by atoms with Crippen LogP contribution in [0, 0.1) is 12.0 Å². The molecular formula is C6H12OSi. The molecule has 0 saturated carbocycles. The van der Waals surface area contributed by atoms with E-state index in [-0.39, 0.29) is 0 Å². The highest BCUT2D eigenvalue weighted by Gasteiger charge is 2.22. The summed E-state index contributed by atoms with van der Waals surface area (Å²) in [5.41, 5.74) is 2.47. The second-order valence-electron chi connectivity index (χ2n) is 1.88. The van der Waals surface area contributed by atoms with Crippen molar-refractivity contribution in [1.29, 1.82) is 0 Å². The minimum atomic E-state index is -2.14. The maximum atomic E-state index is 9.34. The minimum absolute atomic E-state index is 0.778. The van der Waals surface area contributed by atoms with Gasteiger partial charge in [-0.1, -0.05) is 13.8 Å². The van der Waals surface area contributed by atoms with Crippen LogP contribution in [0.4, 0.5) is 0 Å². The smallest absolute Gasteiger partial charge is 0.268 e. The molecule has 0 aliphatic rings. The molecule has 0 amide bonds. The van der Waals surface area contributed by atoms with E-state index in [2.05, 4.69) is 5.54 Å². The van der Waals surface area contributed by atoms with Gasteiger partial charge in [0.2, 0.25) is 0 Å². The Hall–Kier alpha value is -0.263. The third-order valence-corrected chi connectivity index (χ3v) is 4.32. The molecule has 2 heteroatoms. The molecule has 0 atom stereocenters. The average molecular weight is 128 g/mol. The molecule has 0 bridgehead atoms. The fourth-order valence-electron chi connectivity index (χ4n) is 0.454. The molecule has 0 fully saturated rings. The molecule has 0 aliphatic heterocycles. The second-order valence-corrected chi connectivity index (χ2v) is 5.65. The van der Waals surface area contributed by atoms with Crippen molar-refractivity contribution in [3.63, 3.8) is 0 Å². The van der Waals surface area contributed by atoms with Gasteiger partial charge in [-0.05, 0) is 12.1 Å². The SMILES string of the molecule is C#C[Si](O)(CC)CC. The molecule has 0 aliphatic carbocycles. The first-order chi connectivity index (χ1) is 3.68. The van der Waals surface area contributed by atoms with Crippen molar-refractivity contribution in [2.75, 3.05) is 0 Å². The number of rotatable bonds is 2. The molecule has 0 unspecified atom stereocenters. The largest absolute Gasteiger partial charge is 0.421 e. The van der Waals surface area contributed by atoms with Crippen LogP contribution in [0.2, 0.25) is 12.1 Å². The summed E-state index contributed by atoms with van der Waals surface area (Å²) in [4.78, 5) is 9.34. The molecule has 0 rings (SSSR count). The van der Waals surface area contributed by atoms with Gasteiger partial charge in [0.05, 0.1) is 0 Å². The van der Waals surface area contributed by atoms with Crippen molar-refractivity contribution in [3.05, 3.63) is 0 Å². The highest BCUT2D eigenvalue weighted by molar-refractivity contribution is 6.80. The van der Waals surface area contributed by atoms with Crippen LogP contribution < -0.4 is 0 Å². The minimum Gasteiger partial charge on any atom is -0.421 e. The third kappa shape index (κ3) is 1.69. The summed E-state index contributed by atoms with van der Waals surface area (Å²) < 4.78 is 0. The molecule has 0 radical (unpaired) electrons. The molecule has 0 aromatic carbocycles. The van der Waals surface area contributed by atoms with Crippen molar-refractivity contribution in [3.8, 4) is 12.0 Å². The van der Waals surface area contributed by atoms with E-state index < -0.39 is 8.32 Å². The Morgan fingerprint density at radius 3 is 1.88 bits per heavy atom. The van der Waals surface area contributed by atoms with Crippen molar-refractivity contribution in [2.45, 2.75) is 25.9 Å². The van der Waals surface area contributed by atoms with Crippen LogP contribution in [0.25, 0.3) is 0 Å². The van der Waals surface area contributed by atoms with Crippen molar-refractivity contribution < 1.29 is 4.80 Å². The zero-order chi connectivity index (χ0) is 6.62. The summed E-state index contributed by atoms with van der Waals surface area (Å²) in [5, 5.41) is 0. The molecule has 0 heterocycles. The maximum Gasteiger partial charge on any atom is 0.268 e. The average Bonchev–Trinajstić information content (AvgIpc) is 1.87. The van der Waals surface area contributed by atoms with Crippen LogP contribution >= 0.6 is 0 Å². The number of hydrogen-bond acceptors (Lipinski definition) is 1. The predicted octanol–water partition coefficient (Wildman–Crippen LogP) is 1.14. The lowest BCUT2D eigenvalue weighted by Gasteiger charge is -2.11. The van der Waals surface area contributed by atoms with Crippen LogP contribution in [0.3, 0.4) is 0 Å². The van der Waals surface area contributed by atoms with Crippen LogP contribution in [0.5, 0.6) is 0 Å². The molecule has 0 saturated heterocycles. The highest BCUT2D eigenvalue weighted by atomic mass is 28.4. The van der Waals surface area contributed by atoms with Crippen molar-refractivity contribution >= 4 is 8.32 Å². The van der Waals surface area contributed by atoms with Crippen LogP contribution in [-0.2, 0) is 0 Å². The Bertz CT molecular complexity index is 99.6. The summed E-state index contributed by atoms with van der Waals surface area (Å²) in [6.45, 7) is 3.88. The van der Waals surface area contributed by atoms with Gasteiger partial charge in [-0.3, -0.25) is 0 Å². The molecule has 1 nitrogen and oxygen atoms in total. The topological polar surface area (TPSA) is 20.2 Å². The monoisotopic (exact) mass is 128 g/mol. The van der Waals surface area contributed by atoms with Crippen LogP contribution in [0.1, 0.15) is 13.8 Å². The molecular weight excluding hydrogens is 116 g/mol. The summed E-state index contributed by atoms with van der Waals surface area (Å²) in [7, 11) is -2.14. The van der Waals surface area contributed by atoms with Crippen molar-refractivity contribution in [2.24, 2.45) is 0 Å². The lowest BCUT2D eigenvalue weighted by atomic mass is 10.9. The zero-order valence-corrected chi connectivity index (χ0v) is 6.44. The molecule has 0 aromatic rings. The van der Waals surface area contributed by atoms with E-state index in [1.54, 1.807) is 0 Å². The van der Waals surface area contributed by atoms with E-state index in [0.717, 1.165) is 12.1 Å². The first-order valence-electron chi connectivity index (χ1n) is 2.88. The van der Waals surface area contributed by atoms with E-state index in [1.807, 2.05) is 13.8 Å². The first kappa shape index (κ1) is 7.74. The van der Waals surface area contributed by atoms with Crippen LogP contribution in [-0.4, -0.2) is 13.1 Å². The highest BCUT2D eigenvalue weighted by Crippen LogP contribution is 2.07. The Kier molecular flexibility index (Phi) is 2.81. The van der Waals surface area contributed by atoms with Gasteiger partial charge in [-0.15, -0.1) is 12.0 Å². The fraction of sp³-hybridized carbons (Fsp3) is 0.667. The Morgan fingerprint density at radius 2 is 1.88 bits per heavy atom. The van der Waals surface area contributed by atoms with Gasteiger partial charge >= 0.3 is 0 Å².